The largest absolute Gasteiger partial charge is 0.508 e. The zero-order chi connectivity index (χ0) is 12.3. The number of phenolic OH excluding ortho intramolecular Hbond substituents is 1. The van der Waals surface area contributed by atoms with Crippen molar-refractivity contribution in [3.8, 4) is 5.75 Å². The maximum Gasteiger partial charge on any atom is 0.235 e. The van der Waals surface area contributed by atoms with Crippen LogP contribution in [0.4, 0.5) is 0 Å². The van der Waals surface area contributed by atoms with Crippen LogP contribution in [0.2, 0.25) is 5.02 Å². The first kappa shape index (κ1) is 13.1. The fourth-order valence-electron chi connectivity index (χ4n) is 1.48. The molecule has 1 aromatic carbocycles. The molecule has 1 rings (SSSR count). The van der Waals surface area contributed by atoms with Gasteiger partial charge in [-0.05, 0) is 26.0 Å². The second kappa shape index (κ2) is 4.93. The molecule has 88 valence electrons. The Bertz CT molecular complexity index is 405. The van der Waals surface area contributed by atoms with Crippen LogP contribution in [0.1, 0.15) is 19.4 Å². The van der Waals surface area contributed by atoms with Gasteiger partial charge in [-0.3, -0.25) is 4.79 Å². The van der Waals surface area contributed by atoms with Gasteiger partial charge in [0.05, 0.1) is 5.54 Å². The van der Waals surface area contributed by atoms with E-state index in [4.69, 9.17) is 23.2 Å². The standard InChI is InChI=1S/C11H13Cl2NO2/c1-11(2,14-10(16)6-12)8-4-3-7(13)5-9(8)15/h3-5,15H,6H2,1-2H3,(H,14,16). The van der Waals surface area contributed by atoms with Gasteiger partial charge >= 0.3 is 0 Å². The van der Waals surface area contributed by atoms with Crippen molar-refractivity contribution in [1.29, 1.82) is 0 Å². The first-order valence-electron chi connectivity index (χ1n) is 4.73. The molecule has 0 aliphatic carbocycles. The van der Waals surface area contributed by atoms with Gasteiger partial charge in [0.25, 0.3) is 0 Å². The molecule has 2 N–H and O–H groups in total. The highest BCUT2D eigenvalue weighted by Crippen LogP contribution is 2.31. The molecule has 1 aromatic rings. The number of rotatable bonds is 3. The average Bonchev–Trinajstić information content (AvgIpc) is 2.16. The third-order valence-corrected chi connectivity index (χ3v) is 2.68. The fourth-order valence-corrected chi connectivity index (χ4v) is 1.72. The number of alkyl halides is 1. The number of amides is 1. The zero-order valence-electron chi connectivity index (χ0n) is 9.05. The normalized spacial score (nSPS) is 11.2. The van der Waals surface area contributed by atoms with Gasteiger partial charge < -0.3 is 10.4 Å². The number of hydrogen-bond acceptors (Lipinski definition) is 2. The van der Waals surface area contributed by atoms with E-state index in [1.54, 1.807) is 26.0 Å². The minimum absolute atomic E-state index is 0.0485. The van der Waals surface area contributed by atoms with Crippen molar-refractivity contribution in [2.45, 2.75) is 19.4 Å². The SMILES string of the molecule is CC(C)(NC(=O)CCl)c1ccc(Cl)cc1O. The summed E-state index contributed by atoms with van der Waals surface area (Å²) in [5.41, 5.74) is -0.101. The Balaban J connectivity index is 3.02. The number of nitrogens with one attached hydrogen (secondary N) is 1. The minimum atomic E-state index is -0.694. The van der Waals surface area contributed by atoms with Crippen LogP contribution < -0.4 is 5.32 Å². The van der Waals surface area contributed by atoms with Gasteiger partial charge in [0.15, 0.2) is 0 Å². The van der Waals surface area contributed by atoms with E-state index in [9.17, 15) is 9.90 Å². The molecule has 0 aliphatic rings. The maximum absolute atomic E-state index is 11.2. The minimum Gasteiger partial charge on any atom is -0.508 e. The molecule has 5 heteroatoms. The zero-order valence-corrected chi connectivity index (χ0v) is 10.6. The Hall–Kier alpha value is -0.930. The first-order valence-corrected chi connectivity index (χ1v) is 5.64. The van der Waals surface area contributed by atoms with Crippen molar-refractivity contribution >= 4 is 29.1 Å². The summed E-state index contributed by atoms with van der Waals surface area (Å²) >= 11 is 11.1. The van der Waals surface area contributed by atoms with Crippen molar-refractivity contribution in [3.63, 3.8) is 0 Å². The molecular weight excluding hydrogens is 249 g/mol. The third-order valence-electron chi connectivity index (χ3n) is 2.21. The van der Waals surface area contributed by atoms with E-state index in [0.717, 1.165) is 0 Å². The molecule has 0 saturated carbocycles. The molecule has 1 amide bonds. The van der Waals surface area contributed by atoms with Crippen LogP contribution >= 0.6 is 23.2 Å². The van der Waals surface area contributed by atoms with Crippen LogP contribution in [-0.2, 0) is 10.3 Å². The highest BCUT2D eigenvalue weighted by Gasteiger charge is 2.25. The van der Waals surface area contributed by atoms with E-state index < -0.39 is 5.54 Å². The Morgan fingerprint density at radius 2 is 2.12 bits per heavy atom. The molecular formula is C11H13Cl2NO2. The number of benzene rings is 1. The van der Waals surface area contributed by atoms with Crippen LogP contribution in [0, 0.1) is 0 Å². The van der Waals surface area contributed by atoms with Crippen molar-refractivity contribution in [1.82, 2.24) is 5.32 Å². The van der Waals surface area contributed by atoms with E-state index in [0.29, 0.717) is 10.6 Å². The summed E-state index contributed by atoms with van der Waals surface area (Å²) in [6.07, 6.45) is 0. The topological polar surface area (TPSA) is 49.3 Å². The van der Waals surface area contributed by atoms with Gasteiger partial charge in [-0.2, -0.15) is 0 Å². The molecule has 0 unspecified atom stereocenters. The number of halogens is 2. The number of phenols is 1. The van der Waals surface area contributed by atoms with Gasteiger partial charge in [0, 0.05) is 10.6 Å². The van der Waals surface area contributed by atoms with Crippen LogP contribution in [0.25, 0.3) is 0 Å². The number of carbonyl (C=O) groups excluding carboxylic acids is 1. The van der Waals surface area contributed by atoms with Crippen molar-refractivity contribution in [2.24, 2.45) is 0 Å². The number of hydrogen-bond donors (Lipinski definition) is 2. The monoisotopic (exact) mass is 261 g/mol. The molecule has 16 heavy (non-hydrogen) atoms. The molecule has 0 heterocycles. The third kappa shape index (κ3) is 3.03. The van der Waals surface area contributed by atoms with Gasteiger partial charge in [0.2, 0.25) is 5.91 Å². The summed E-state index contributed by atoms with van der Waals surface area (Å²) in [5, 5.41) is 12.9. The Morgan fingerprint density at radius 1 is 1.50 bits per heavy atom. The molecule has 0 fully saturated rings. The first-order chi connectivity index (χ1) is 7.36. The summed E-state index contributed by atoms with van der Waals surface area (Å²) in [5.74, 6) is -0.356. The summed E-state index contributed by atoms with van der Waals surface area (Å²) < 4.78 is 0. The molecule has 0 bridgehead atoms. The average molecular weight is 262 g/mol. The van der Waals surface area contributed by atoms with Crippen LogP contribution in [0.3, 0.4) is 0 Å². The van der Waals surface area contributed by atoms with Crippen LogP contribution in [0.15, 0.2) is 18.2 Å². The second-order valence-electron chi connectivity index (χ2n) is 3.97. The Labute approximate surface area is 104 Å². The summed E-state index contributed by atoms with van der Waals surface area (Å²) in [7, 11) is 0. The van der Waals surface area contributed by atoms with Gasteiger partial charge in [-0.1, -0.05) is 17.7 Å². The Morgan fingerprint density at radius 3 is 2.62 bits per heavy atom. The summed E-state index contributed by atoms with van der Waals surface area (Å²) in [6.45, 7) is 3.56. The quantitative estimate of drug-likeness (QED) is 0.822. The van der Waals surface area contributed by atoms with Gasteiger partial charge in [-0.25, -0.2) is 0 Å². The van der Waals surface area contributed by atoms with Crippen molar-refractivity contribution in [3.05, 3.63) is 28.8 Å². The molecule has 0 radical (unpaired) electrons. The maximum atomic E-state index is 11.2. The van der Waals surface area contributed by atoms with Crippen molar-refractivity contribution in [2.75, 3.05) is 5.88 Å². The number of carbonyl (C=O) groups is 1. The molecule has 0 atom stereocenters. The smallest absolute Gasteiger partial charge is 0.235 e. The molecule has 0 aliphatic heterocycles. The Kier molecular flexibility index (Phi) is 4.05. The van der Waals surface area contributed by atoms with E-state index in [-0.39, 0.29) is 17.5 Å². The second-order valence-corrected chi connectivity index (χ2v) is 4.67. The van der Waals surface area contributed by atoms with E-state index in [2.05, 4.69) is 5.32 Å². The van der Waals surface area contributed by atoms with Gasteiger partial charge in [-0.15, -0.1) is 11.6 Å². The van der Waals surface area contributed by atoms with E-state index in [1.165, 1.54) is 6.07 Å². The van der Waals surface area contributed by atoms with E-state index >= 15 is 0 Å². The highest BCUT2D eigenvalue weighted by atomic mass is 35.5. The predicted molar refractivity (Wildman–Crippen MR) is 65.0 cm³/mol. The van der Waals surface area contributed by atoms with Gasteiger partial charge in [0.1, 0.15) is 11.6 Å². The van der Waals surface area contributed by atoms with Crippen LogP contribution in [0.5, 0.6) is 5.75 Å². The lowest BCUT2D eigenvalue weighted by Gasteiger charge is -2.27. The fraction of sp³-hybridized carbons (Fsp3) is 0.364. The van der Waals surface area contributed by atoms with Crippen molar-refractivity contribution < 1.29 is 9.90 Å². The molecule has 0 saturated heterocycles. The lowest BCUT2D eigenvalue weighted by molar-refractivity contribution is -0.120. The lowest BCUT2D eigenvalue weighted by Crippen LogP contribution is -2.41. The van der Waals surface area contributed by atoms with E-state index in [1.807, 2.05) is 0 Å². The molecule has 0 aromatic heterocycles. The predicted octanol–water partition coefficient (Wildman–Crippen LogP) is 2.64. The number of aromatic hydroxyl groups is 1. The molecule has 0 spiro atoms. The highest BCUT2D eigenvalue weighted by molar-refractivity contribution is 6.30. The summed E-state index contributed by atoms with van der Waals surface area (Å²) in [6, 6.07) is 4.77. The molecule has 3 nitrogen and oxygen atoms in total. The van der Waals surface area contributed by atoms with Crippen LogP contribution in [-0.4, -0.2) is 16.9 Å². The lowest BCUT2D eigenvalue weighted by atomic mass is 9.93. The summed E-state index contributed by atoms with van der Waals surface area (Å²) in [4.78, 5) is 11.2.